The highest BCUT2D eigenvalue weighted by atomic mass is 16.2. The van der Waals surface area contributed by atoms with Crippen molar-refractivity contribution in [2.75, 3.05) is 6.61 Å². The van der Waals surface area contributed by atoms with Gasteiger partial charge in [-0.1, -0.05) is 50.1 Å². The maximum atomic E-state index is 8.85. The number of allylic oxidation sites excluding steroid dienone is 5. The van der Waals surface area contributed by atoms with Gasteiger partial charge in [0.15, 0.2) is 0 Å². The molecule has 0 fully saturated rings. The molecule has 120 valence electrons. The summed E-state index contributed by atoms with van der Waals surface area (Å²) in [6.45, 7) is 11.6. The predicted molar refractivity (Wildman–Crippen MR) is 93.3 cm³/mol. The molecule has 1 aliphatic carbocycles. The highest BCUT2D eigenvalue weighted by molar-refractivity contribution is 5.32. The van der Waals surface area contributed by atoms with Gasteiger partial charge in [-0.05, 0) is 69.3 Å². The number of aliphatic hydroxyl groups excluding tert-OH is 1. The van der Waals surface area contributed by atoms with Crippen molar-refractivity contribution in [3.8, 4) is 0 Å². The molecule has 0 aromatic heterocycles. The lowest BCUT2D eigenvalue weighted by Crippen LogP contribution is -2.19. The summed E-state index contributed by atoms with van der Waals surface area (Å²) in [7, 11) is 0. The zero-order chi connectivity index (χ0) is 15.9. The summed E-state index contributed by atoms with van der Waals surface area (Å²) in [5.74, 6) is 0.630. The maximum absolute atomic E-state index is 8.85. The first-order valence-electron chi connectivity index (χ1n) is 8.51. The van der Waals surface area contributed by atoms with Crippen LogP contribution < -0.4 is 0 Å². The lowest BCUT2D eigenvalue weighted by atomic mass is 9.72. The first-order valence-corrected chi connectivity index (χ1v) is 8.51. The summed E-state index contributed by atoms with van der Waals surface area (Å²) >= 11 is 0. The fourth-order valence-electron chi connectivity index (χ4n) is 3.33. The van der Waals surface area contributed by atoms with Crippen LogP contribution in [0.5, 0.6) is 0 Å². The van der Waals surface area contributed by atoms with Crippen LogP contribution in [0, 0.1) is 11.3 Å². The van der Waals surface area contributed by atoms with E-state index in [-0.39, 0.29) is 6.61 Å². The molecule has 1 rings (SSSR count). The highest BCUT2D eigenvalue weighted by Crippen LogP contribution is 2.40. The van der Waals surface area contributed by atoms with E-state index >= 15 is 0 Å². The summed E-state index contributed by atoms with van der Waals surface area (Å²) in [4.78, 5) is 0. The minimum atomic E-state index is 0.170. The van der Waals surface area contributed by atoms with Gasteiger partial charge in [-0.25, -0.2) is 0 Å². The van der Waals surface area contributed by atoms with Gasteiger partial charge in [0.05, 0.1) is 6.61 Å². The van der Waals surface area contributed by atoms with E-state index in [1.165, 1.54) is 37.7 Å². The van der Waals surface area contributed by atoms with Crippen LogP contribution in [0.25, 0.3) is 0 Å². The Hall–Kier alpha value is -0.820. The Labute approximate surface area is 131 Å². The van der Waals surface area contributed by atoms with Crippen molar-refractivity contribution in [3.63, 3.8) is 0 Å². The van der Waals surface area contributed by atoms with Gasteiger partial charge >= 0.3 is 0 Å². The quantitative estimate of drug-likeness (QED) is 0.586. The molecule has 1 nitrogen and oxygen atoms in total. The van der Waals surface area contributed by atoms with Gasteiger partial charge in [0, 0.05) is 0 Å². The van der Waals surface area contributed by atoms with Crippen LogP contribution in [0.3, 0.4) is 0 Å². The Kier molecular flexibility index (Phi) is 7.45. The molecule has 0 saturated carbocycles. The number of aliphatic hydroxyl groups is 1. The molecule has 1 N–H and O–H groups in total. The molecule has 0 radical (unpaired) electrons. The van der Waals surface area contributed by atoms with Gasteiger partial charge in [-0.15, -0.1) is 0 Å². The van der Waals surface area contributed by atoms with E-state index in [1.54, 1.807) is 11.1 Å². The second-order valence-corrected chi connectivity index (χ2v) is 7.39. The van der Waals surface area contributed by atoms with Crippen LogP contribution in [-0.4, -0.2) is 11.7 Å². The standard InChI is InChI=1S/C20H34O/c1-16(8-6-9-17(2)13-15-21)11-12-19-18(3)10-7-14-20(19,4)5/h11-13,16,21H,6-10,14-15H2,1-5H3/b12-11+,17-13+. The average molecular weight is 290 g/mol. The van der Waals surface area contributed by atoms with E-state index in [0.717, 1.165) is 6.42 Å². The van der Waals surface area contributed by atoms with E-state index in [9.17, 15) is 0 Å². The Morgan fingerprint density at radius 3 is 2.71 bits per heavy atom. The van der Waals surface area contributed by atoms with Crippen LogP contribution in [-0.2, 0) is 0 Å². The van der Waals surface area contributed by atoms with Gasteiger partial charge in [-0.2, -0.15) is 0 Å². The Morgan fingerprint density at radius 1 is 1.38 bits per heavy atom. The number of hydrogen-bond acceptors (Lipinski definition) is 1. The van der Waals surface area contributed by atoms with E-state index in [1.807, 2.05) is 6.08 Å². The minimum absolute atomic E-state index is 0.170. The third kappa shape index (κ3) is 6.22. The molecule has 1 unspecified atom stereocenters. The Bertz CT molecular complexity index is 410. The first kappa shape index (κ1) is 18.2. The largest absolute Gasteiger partial charge is 0.392 e. The smallest absolute Gasteiger partial charge is 0.0614 e. The fraction of sp³-hybridized carbons (Fsp3) is 0.700. The normalized spacial score (nSPS) is 21.1. The van der Waals surface area contributed by atoms with Crippen LogP contribution >= 0.6 is 0 Å². The third-order valence-corrected chi connectivity index (χ3v) is 4.80. The van der Waals surface area contributed by atoms with E-state index in [0.29, 0.717) is 11.3 Å². The number of hydrogen-bond donors (Lipinski definition) is 1. The van der Waals surface area contributed by atoms with E-state index in [4.69, 9.17) is 5.11 Å². The summed E-state index contributed by atoms with van der Waals surface area (Å²) < 4.78 is 0. The lowest BCUT2D eigenvalue weighted by Gasteiger charge is -2.33. The molecule has 0 aromatic carbocycles. The molecular formula is C20H34O. The van der Waals surface area contributed by atoms with Crippen molar-refractivity contribution in [3.05, 3.63) is 34.9 Å². The summed E-state index contributed by atoms with van der Waals surface area (Å²) in [5.41, 5.74) is 4.80. The van der Waals surface area contributed by atoms with Crippen molar-refractivity contribution in [2.24, 2.45) is 11.3 Å². The molecular weight excluding hydrogens is 256 g/mol. The summed E-state index contributed by atoms with van der Waals surface area (Å²) in [5, 5.41) is 8.85. The summed E-state index contributed by atoms with van der Waals surface area (Å²) in [6.07, 6.45) is 14.2. The van der Waals surface area contributed by atoms with Crippen molar-refractivity contribution in [1.29, 1.82) is 0 Å². The monoisotopic (exact) mass is 290 g/mol. The van der Waals surface area contributed by atoms with Crippen LogP contribution in [0.2, 0.25) is 0 Å². The predicted octanol–water partition coefficient (Wildman–Crippen LogP) is 5.81. The fourth-order valence-corrected chi connectivity index (χ4v) is 3.33. The molecule has 0 saturated heterocycles. The van der Waals surface area contributed by atoms with Crippen molar-refractivity contribution >= 4 is 0 Å². The molecule has 21 heavy (non-hydrogen) atoms. The zero-order valence-corrected chi connectivity index (χ0v) is 14.7. The second kappa shape index (κ2) is 8.58. The molecule has 0 aliphatic heterocycles. The SMILES string of the molecule is CC1=C(/C=C/C(C)CCC/C(C)=C/CO)C(C)(C)CCC1. The van der Waals surface area contributed by atoms with Crippen molar-refractivity contribution < 1.29 is 5.11 Å². The van der Waals surface area contributed by atoms with Crippen LogP contribution in [0.1, 0.15) is 73.1 Å². The third-order valence-electron chi connectivity index (χ3n) is 4.80. The topological polar surface area (TPSA) is 20.2 Å². The molecule has 1 heteroatoms. The van der Waals surface area contributed by atoms with Gasteiger partial charge in [0.1, 0.15) is 0 Å². The van der Waals surface area contributed by atoms with Crippen molar-refractivity contribution in [1.82, 2.24) is 0 Å². The average Bonchev–Trinajstić information content (AvgIpc) is 2.37. The lowest BCUT2D eigenvalue weighted by molar-refractivity contribution is 0.341. The van der Waals surface area contributed by atoms with Gasteiger partial charge in [-0.3, -0.25) is 0 Å². The highest BCUT2D eigenvalue weighted by Gasteiger charge is 2.26. The first-order chi connectivity index (χ1) is 9.86. The molecule has 1 atom stereocenters. The van der Waals surface area contributed by atoms with Gasteiger partial charge < -0.3 is 5.11 Å². The Morgan fingerprint density at radius 2 is 2.10 bits per heavy atom. The van der Waals surface area contributed by atoms with Crippen molar-refractivity contribution in [2.45, 2.75) is 73.1 Å². The molecule has 0 heterocycles. The molecule has 1 aliphatic rings. The molecule has 0 bridgehead atoms. The van der Waals surface area contributed by atoms with E-state index < -0.39 is 0 Å². The van der Waals surface area contributed by atoms with Crippen LogP contribution in [0.4, 0.5) is 0 Å². The Balaban J connectivity index is 2.50. The molecule has 0 amide bonds. The van der Waals surface area contributed by atoms with E-state index in [2.05, 4.69) is 46.8 Å². The zero-order valence-electron chi connectivity index (χ0n) is 14.7. The molecule has 0 aromatic rings. The van der Waals surface area contributed by atoms with Gasteiger partial charge in [0.25, 0.3) is 0 Å². The van der Waals surface area contributed by atoms with Gasteiger partial charge in [0.2, 0.25) is 0 Å². The number of rotatable bonds is 7. The minimum Gasteiger partial charge on any atom is -0.392 e. The maximum Gasteiger partial charge on any atom is 0.0614 e. The molecule has 0 spiro atoms. The second-order valence-electron chi connectivity index (χ2n) is 7.39. The van der Waals surface area contributed by atoms with Crippen LogP contribution in [0.15, 0.2) is 34.9 Å². The summed E-state index contributed by atoms with van der Waals surface area (Å²) in [6, 6.07) is 0.